The summed E-state index contributed by atoms with van der Waals surface area (Å²) >= 11 is 0. The van der Waals surface area contributed by atoms with Crippen molar-refractivity contribution in [2.24, 2.45) is 5.92 Å². The van der Waals surface area contributed by atoms with Gasteiger partial charge in [0.1, 0.15) is 0 Å². The number of hydrogen-bond acceptors (Lipinski definition) is 4. The van der Waals surface area contributed by atoms with Gasteiger partial charge in [0.15, 0.2) is 0 Å². The Morgan fingerprint density at radius 1 is 1.05 bits per heavy atom. The zero-order chi connectivity index (χ0) is 15.7. The minimum atomic E-state index is -0.244. The van der Waals surface area contributed by atoms with Gasteiger partial charge >= 0.3 is 5.97 Å². The van der Waals surface area contributed by atoms with Crippen molar-refractivity contribution < 1.29 is 14.3 Å². The molecule has 1 amide bonds. The molecule has 0 spiro atoms. The number of methoxy groups -OCH3 is 1. The molecule has 0 aromatic carbocycles. The maximum absolute atomic E-state index is 12.2. The van der Waals surface area contributed by atoms with Crippen molar-refractivity contribution in [2.45, 2.75) is 46.0 Å². The van der Waals surface area contributed by atoms with Gasteiger partial charge in [-0.25, -0.2) is 0 Å². The number of hydrogen-bond donors (Lipinski definition) is 0. The SMILES string of the molecule is CCN(CC)CCCCN(CCC(=O)OC)C(=O)C1CC1. The predicted molar refractivity (Wildman–Crippen MR) is 83.0 cm³/mol. The van der Waals surface area contributed by atoms with E-state index in [1.165, 1.54) is 7.11 Å². The first-order chi connectivity index (χ1) is 10.1. The third-order valence-electron chi connectivity index (χ3n) is 4.10. The largest absolute Gasteiger partial charge is 0.469 e. The molecule has 21 heavy (non-hydrogen) atoms. The summed E-state index contributed by atoms with van der Waals surface area (Å²) in [7, 11) is 1.39. The van der Waals surface area contributed by atoms with Crippen LogP contribution < -0.4 is 0 Å². The van der Waals surface area contributed by atoms with Crippen LogP contribution in [0.2, 0.25) is 0 Å². The lowest BCUT2D eigenvalue weighted by molar-refractivity contribution is -0.142. The van der Waals surface area contributed by atoms with Crippen LogP contribution in [0.15, 0.2) is 0 Å². The van der Waals surface area contributed by atoms with Crippen LogP contribution in [-0.4, -0.2) is 61.5 Å². The Balaban J connectivity index is 2.31. The van der Waals surface area contributed by atoms with Gasteiger partial charge in [-0.15, -0.1) is 0 Å². The normalized spacial score (nSPS) is 14.3. The lowest BCUT2D eigenvalue weighted by atomic mass is 10.2. The van der Waals surface area contributed by atoms with Crippen molar-refractivity contribution in [3.05, 3.63) is 0 Å². The second-order valence-corrected chi connectivity index (χ2v) is 5.66. The molecule has 0 bridgehead atoms. The van der Waals surface area contributed by atoms with E-state index in [9.17, 15) is 9.59 Å². The minimum absolute atomic E-state index is 0.213. The summed E-state index contributed by atoms with van der Waals surface area (Å²) < 4.78 is 4.66. The fourth-order valence-electron chi connectivity index (χ4n) is 2.43. The topological polar surface area (TPSA) is 49.9 Å². The summed E-state index contributed by atoms with van der Waals surface area (Å²) in [5.41, 5.74) is 0. The van der Waals surface area contributed by atoms with Crippen LogP contribution in [0.25, 0.3) is 0 Å². The van der Waals surface area contributed by atoms with E-state index in [0.29, 0.717) is 13.0 Å². The number of rotatable bonds is 11. The molecule has 1 rings (SSSR count). The highest BCUT2D eigenvalue weighted by atomic mass is 16.5. The molecule has 0 N–H and O–H groups in total. The van der Waals surface area contributed by atoms with Crippen molar-refractivity contribution in [3.63, 3.8) is 0 Å². The highest BCUT2D eigenvalue weighted by Crippen LogP contribution is 2.31. The fourth-order valence-corrected chi connectivity index (χ4v) is 2.43. The van der Waals surface area contributed by atoms with Gasteiger partial charge in [0, 0.05) is 19.0 Å². The van der Waals surface area contributed by atoms with Gasteiger partial charge < -0.3 is 14.5 Å². The van der Waals surface area contributed by atoms with Gasteiger partial charge in [-0.1, -0.05) is 13.8 Å². The average molecular weight is 298 g/mol. The third-order valence-corrected chi connectivity index (χ3v) is 4.10. The Labute approximate surface area is 128 Å². The van der Waals surface area contributed by atoms with E-state index in [0.717, 1.165) is 51.9 Å². The number of carbonyl (C=O) groups is 2. The van der Waals surface area contributed by atoms with Crippen LogP contribution in [0, 0.1) is 5.92 Å². The molecule has 5 heteroatoms. The Morgan fingerprint density at radius 2 is 1.67 bits per heavy atom. The molecule has 0 aliphatic heterocycles. The van der Waals surface area contributed by atoms with Gasteiger partial charge in [-0.2, -0.15) is 0 Å². The van der Waals surface area contributed by atoms with E-state index >= 15 is 0 Å². The maximum Gasteiger partial charge on any atom is 0.307 e. The fraction of sp³-hybridized carbons (Fsp3) is 0.875. The van der Waals surface area contributed by atoms with Gasteiger partial charge in [-0.05, 0) is 45.3 Å². The Kier molecular flexibility index (Phi) is 8.35. The number of nitrogens with zero attached hydrogens (tertiary/aromatic N) is 2. The molecule has 0 unspecified atom stereocenters. The molecule has 1 aliphatic rings. The Hall–Kier alpha value is -1.10. The highest BCUT2D eigenvalue weighted by molar-refractivity contribution is 5.81. The lowest BCUT2D eigenvalue weighted by Crippen LogP contribution is -2.35. The predicted octanol–water partition coefficient (Wildman–Crippen LogP) is 1.91. The zero-order valence-electron chi connectivity index (χ0n) is 13.8. The molecule has 0 heterocycles. The van der Waals surface area contributed by atoms with E-state index < -0.39 is 0 Å². The van der Waals surface area contributed by atoms with Gasteiger partial charge in [0.25, 0.3) is 0 Å². The molecular weight excluding hydrogens is 268 g/mol. The average Bonchev–Trinajstić information content (AvgIpc) is 3.34. The van der Waals surface area contributed by atoms with Crippen LogP contribution in [0.1, 0.15) is 46.0 Å². The third kappa shape index (κ3) is 6.93. The van der Waals surface area contributed by atoms with Crippen LogP contribution in [-0.2, 0) is 14.3 Å². The molecule has 122 valence electrons. The van der Waals surface area contributed by atoms with E-state index in [1.54, 1.807) is 0 Å². The van der Waals surface area contributed by atoms with Crippen LogP contribution in [0.5, 0.6) is 0 Å². The molecule has 0 aromatic heterocycles. The summed E-state index contributed by atoms with van der Waals surface area (Å²) in [6, 6.07) is 0. The first kappa shape index (κ1) is 18.0. The second kappa shape index (κ2) is 9.77. The van der Waals surface area contributed by atoms with Crippen molar-refractivity contribution >= 4 is 11.9 Å². The number of esters is 1. The molecule has 5 nitrogen and oxygen atoms in total. The smallest absolute Gasteiger partial charge is 0.307 e. The zero-order valence-corrected chi connectivity index (χ0v) is 13.8. The Bertz CT molecular complexity index is 325. The van der Waals surface area contributed by atoms with Crippen LogP contribution in [0.3, 0.4) is 0 Å². The highest BCUT2D eigenvalue weighted by Gasteiger charge is 2.33. The van der Waals surface area contributed by atoms with Crippen molar-refractivity contribution in [1.82, 2.24) is 9.80 Å². The maximum atomic E-state index is 12.2. The quantitative estimate of drug-likeness (QED) is 0.432. The summed E-state index contributed by atoms with van der Waals surface area (Å²) in [5, 5.41) is 0. The molecule has 1 aliphatic carbocycles. The second-order valence-electron chi connectivity index (χ2n) is 5.66. The molecule has 0 atom stereocenters. The summed E-state index contributed by atoms with van der Waals surface area (Å²) in [6.45, 7) is 8.81. The van der Waals surface area contributed by atoms with Gasteiger partial charge in [0.05, 0.1) is 13.5 Å². The first-order valence-corrected chi connectivity index (χ1v) is 8.20. The Morgan fingerprint density at radius 3 is 2.19 bits per heavy atom. The van der Waals surface area contributed by atoms with E-state index in [1.807, 2.05) is 4.90 Å². The lowest BCUT2D eigenvalue weighted by Gasteiger charge is -2.23. The number of amides is 1. The van der Waals surface area contributed by atoms with Gasteiger partial charge in [0.2, 0.25) is 5.91 Å². The summed E-state index contributed by atoms with van der Waals surface area (Å²) in [6.07, 6.45) is 4.40. The number of unbranched alkanes of at least 4 members (excludes halogenated alkanes) is 1. The van der Waals surface area contributed by atoms with E-state index in [4.69, 9.17) is 0 Å². The molecule has 1 fully saturated rings. The summed E-state index contributed by atoms with van der Waals surface area (Å²) in [4.78, 5) is 27.7. The van der Waals surface area contributed by atoms with Crippen molar-refractivity contribution in [2.75, 3.05) is 39.8 Å². The molecule has 1 saturated carbocycles. The minimum Gasteiger partial charge on any atom is -0.469 e. The summed E-state index contributed by atoms with van der Waals surface area (Å²) in [5.74, 6) is 0.193. The molecular formula is C16H30N2O3. The van der Waals surface area contributed by atoms with Gasteiger partial charge in [-0.3, -0.25) is 9.59 Å². The first-order valence-electron chi connectivity index (χ1n) is 8.20. The monoisotopic (exact) mass is 298 g/mol. The molecule has 0 radical (unpaired) electrons. The van der Waals surface area contributed by atoms with Crippen LogP contribution >= 0.6 is 0 Å². The van der Waals surface area contributed by atoms with E-state index in [2.05, 4.69) is 23.5 Å². The van der Waals surface area contributed by atoms with Crippen molar-refractivity contribution in [3.8, 4) is 0 Å². The van der Waals surface area contributed by atoms with Crippen molar-refractivity contribution in [1.29, 1.82) is 0 Å². The molecule has 0 saturated heterocycles. The number of ether oxygens (including phenoxy) is 1. The van der Waals surface area contributed by atoms with Crippen LogP contribution in [0.4, 0.5) is 0 Å². The van der Waals surface area contributed by atoms with E-state index in [-0.39, 0.29) is 17.8 Å². The molecule has 0 aromatic rings. The number of carbonyl (C=O) groups excluding carboxylic acids is 2. The standard InChI is InChI=1S/C16H30N2O3/c1-4-17(5-2)11-6-7-12-18(13-10-15(19)21-3)16(20)14-8-9-14/h14H,4-13H2,1-3H3.